The molecule has 1 aliphatic heterocycles. The van der Waals surface area contributed by atoms with E-state index in [0.717, 1.165) is 47.0 Å². The zero-order valence-electron chi connectivity index (χ0n) is 17.3. The maximum Gasteiger partial charge on any atom is 0.257 e. The van der Waals surface area contributed by atoms with Crippen LogP contribution in [0.15, 0.2) is 39.4 Å². The summed E-state index contributed by atoms with van der Waals surface area (Å²) < 4.78 is 1.08. The topological polar surface area (TPSA) is 58.1 Å². The summed E-state index contributed by atoms with van der Waals surface area (Å²) >= 11 is 4.89. The average molecular weight is 459 g/mol. The van der Waals surface area contributed by atoms with Crippen molar-refractivity contribution in [1.29, 1.82) is 0 Å². The lowest BCUT2D eigenvalue weighted by atomic mass is 9.99. The second kappa shape index (κ2) is 10.0. The number of piperidine rings is 1. The molecule has 1 aliphatic rings. The number of hydrogen-bond acceptors (Lipinski definition) is 7. The normalized spacial score (nSPS) is 15.4. The summed E-state index contributed by atoms with van der Waals surface area (Å²) in [5.41, 5.74) is 3.92. The van der Waals surface area contributed by atoms with Gasteiger partial charge in [0, 0.05) is 34.3 Å². The Balaban J connectivity index is 1.28. The minimum Gasteiger partial charge on any atom is -0.298 e. The predicted molar refractivity (Wildman–Crippen MR) is 127 cm³/mol. The molecule has 0 radical (unpaired) electrons. The third-order valence-corrected chi connectivity index (χ3v) is 8.23. The Morgan fingerprint density at radius 1 is 1.17 bits per heavy atom. The molecule has 30 heavy (non-hydrogen) atoms. The van der Waals surface area contributed by atoms with E-state index >= 15 is 0 Å². The Kier molecular flexibility index (Phi) is 7.20. The van der Waals surface area contributed by atoms with E-state index in [1.165, 1.54) is 29.7 Å². The molecule has 4 rings (SSSR count). The average Bonchev–Trinajstić information content (AvgIpc) is 3.37. The smallest absolute Gasteiger partial charge is 0.257 e. The second-order valence-corrected chi connectivity index (χ2v) is 10.7. The van der Waals surface area contributed by atoms with Crippen molar-refractivity contribution in [3.8, 4) is 0 Å². The van der Waals surface area contributed by atoms with Gasteiger partial charge in [-0.2, -0.15) is 0 Å². The number of aromatic nitrogens is 2. The van der Waals surface area contributed by atoms with Gasteiger partial charge >= 0.3 is 0 Å². The highest BCUT2D eigenvalue weighted by Gasteiger charge is 2.17. The molecule has 1 aromatic carbocycles. The molecule has 0 atom stereocenters. The lowest BCUT2D eigenvalue weighted by Crippen LogP contribution is -2.32. The molecule has 1 saturated heterocycles. The third-order valence-electron chi connectivity index (χ3n) is 5.21. The van der Waals surface area contributed by atoms with Crippen LogP contribution >= 0.6 is 34.4 Å². The Labute approximate surface area is 190 Å². The first-order chi connectivity index (χ1) is 14.5. The van der Waals surface area contributed by atoms with Crippen molar-refractivity contribution in [2.24, 2.45) is 5.92 Å². The van der Waals surface area contributed by atoms with Gasteiger partial charge in [-0.25, -0.2) is 9.97 Å². The molecule has 0 bridgehead atoms. The molecule has 0 aliphatic carbocycles. The van der Waals surface area contributed by atoms with Gasteiger partial charge in [-0.1, -0.05) is 30.8 Å². The van der Waals surface area contributed by atoms with Crippen molar-refractivity contribution < 1.29 is 4.79 Å². The van der Waals surface area contributed by atoms with Crippen LogP contribution in [0.5, 0.6) is 0 Å². The number of thioether (sulfide) groups is 1. The summed E-state index contributed by atoms with van der Waals surface area (Å²) in [5, 5.41) is 7.72. The van der Waals surface area contributed by atoms with Crippen molar-refractivity contribution in [1.82, 2.24) is 14.9 Å². The number of carbonyl (C=O) groups excluding carboxylic acids is 1. The molecular weight excluding hydrogens is 432 g/mol. The van der Waals surface area contributed by atoms with Crippen LogP contribution in [0, 0.1) is 12.8 Å². The van der Waals surface area contributed by atoms with E-state index in [1.54, 1.807) is 23.1 Å². The van der Waals surface area contributed by atoms with Gasteiger partial charge in [0.05, 0.1) is 5.69 Å². The van der Waals surface area contributed by atoms with Crippen molar-refractivity contribution in [2.75, 3.05) is 18.4 Å². The summed E-state index contributed by atoms with van der Waals surface area (Å²) in [7, 11) is 0. The number of rotatable bonds is 7. The van der Waals surface area contributed by atoms with Crippen LogP contribution in [0.3, 0.4) is 0 Å². The molecule has 3 aromatic rings. The maximum atomic E-state index is 12.6. The molecule has 0 spiro atoms. The number of likely N-dealkylation sites (tertiary alicyclic amines) is 1. The first-order valence-corrected chi connectivity index (χ1v) is 12.9. The largest absolute Gasteiger partial charge is 0.298 e. The SMILES string of the molecule is Cc1csc(SCc2ccc(C(=O)Nc3nc(CN4CCC(C)CC4)cs3)cc2)n1. The van der Waals surface area contributed by atoms with Crippen LogP contribution < -0.4 is 5.32 Å². The van der Waals surface area contributed by atoms with E-state index in [4.69, 9.17) is 0 Å². The number of anilines is 1. The molecule has 1 amide bonds. The fourth-order valence-corrected chi connectivity index (χ4v) is 5.85. The molecule has 1 fully saturated rings. The number of benzene rings is 1. The minimum atomic E-state index is -0.113. The van der Waals surface area contributed by atoms with E-state index in [-0.39, 0.29) is 5.91 Å². The van der Waals surface area contributed by atoms with E-state index in [0.29, 0.717) is 10.7 Å². The van der Waals surface area contributed by atoms with Crippen LogP contribution in [0.1, 0.15) is 47.1 Å². The number of nitrogens with one attached hydrogen (secondary N) is 1. The van der Waals surface area contributed by atoms with E-state index in [1.807, 2.05) is 36.6 Å². The van der Waals surface area contributed by atoms with Crippen molar-refractivity contribution >= 4 is 45.5 Å². The van der Waals surface area contributed by atoms with Crippen LogP contribution in [-0.4, -0.2) is 33.9 Å². The molecule has 2 aromatic heterocycles. The molecule has 8 heteroatoms. The highest BCUT2D eigenvalue weighted by molar-refractivity contribution is 8.00. The van der Waals surface area contributed by atoms with Crippen molar-refractivity contribution in [3.05, 3.63) is 57.5 Å². The summed E-state index contributed by atoms with van der Waals surface area (Å²) in [6.45, 7) is 7.46. The standard InChI is InChI=1S/C22H26N4OS3/c1-15-7-9-26(10-8-15)11-19-14-28-21(24-19)25-20(27)18-5-3-17(4-6-18)13-30-22-23-16(2)12-29-22/h3-6,12,14-15H,7-11,13H2,1-2H3,(H,24,25,27). The molecule has 158 valence electrons. The first-order valence-electron chi connectivity index (χ1n) is 10.2. The molecular formula is C22H26N4OS3. The number of nitrogens with zero attached hydrogens (tertiary/aromatic N) is 3. The second-order valence-electron chi connectivity index (χ2n) is 7.80. The number of aryl methyl sites for hydroxylation is 1. The van der Waals surface area contributed by atoms with Crippen LogP contribution in [0.25, 0.3) is 0 Å². The molecule has 5 nitrogen and oxygen atoms in total. The lowest BCUT2D eigenvalue weighted by Gasteiger charge is -2.29. The maximum absolute atomic E-state index is 12.6. The quantitative estimate of drug-likeness (QED) is 0.461. The zero-order valence-corrected chi connectivity index (χ0v) is 19.7. The summed E-state index contributed by atoms with van der Waals surface area (Å²) in [5.74, 6) is 1.56. The fraction of sp³-hybridized carbons (Fsp3) is 0.409. The Morgan fingerprint density at radius 3 is 2.63 bits per heavy atom. The van der Waals surface area contributed by atoms with Gasteiger partial charge in [-0.05, 0) is 56.5 Å². The summed E-state index contributed by atoms with van der Waals surface area (Å²) in [6.07, 6.45) is 2.51. The fourth-order valence-electron chi connectivity index (χ4n) is 3.35. The van der Waals surface area contributed by atoms with Crippen LogP contribution in [0.2, 0.25) is 0 Å². The van der Waals surface area contributed by atoms with Gasteiger partial charge in [-0.15, -0.1) is 22.7 Å². The van der Waals surface area contributed by atoms with Gasteiger partial charge in [-0.3, -0.25) is 15.0 Å². The highest BCUT2D eigenvalue weighted by atomic mass is 32.2. The third kappa shape index (κ3) is 5.91. The van der Waals surface area contributed by atoms with Gasteiger partial charge in [0.25, 0.3) is 5.91 Å². The summed E-state index contributed by atoms with van der Waals surface area (Å²) in [6, 6.07) is 7.77. The van der Waals surface area contributed by atoms with Gasteiger partial charge in [0.2, 0.25) is 0 Å². The minimum absolute atomic E-state index is 0.113. The van der Waals surface area contributed by atoms with E-state index in [2.05, 4.69) is 32.5 Å². The predicted octanol–water partition coefficient (Wildman–Crippen LogP) is 5.68. The lowest BCUT2D eigenvalue weighted by molar-refractivity contribution is 0.102. The van der Waals surface area contributed by atoms with Crippen LogP contribution in [-0.2, 0) is 12.3 Å². The zero-order chi connectivity index (χ0) is 20.9. The monoisotopic (exact) mass is 458 g/mol. The molecule has 3 heterocycles. The number of hydrogen-bond donors (Lipinski definition) is 1. The van der Waals surface area contributed by atoms with E-state index in [9.17, 15) is 4.79 Å². The van der Waals surface area contributed by atoms with E-state index < -0.39 is 0 Å². The Bertz CT molecular complexity index is 974. The number of carbonyl (C=O) groups is 1. The summed E-state index contributed by atoms with van der Waals surface area (Å²) in [4.78, 5) is 24.1. The van der Waals surface area contributed by atoms with Crippen molar-refractivity contribution in [3.63, 3.8) is 0 Å². The molecule has 0 saturated carbocycles. The van der Waals surface area contributed by atoms with Gasteiger partial charge in [0.1, 0.15) is 4.34 Å². The molecule has 1 N–H and O–H groups in total. The van der Waals surface area contributed by atoms with Gasteiger partial charge < -0.3 is 0 Å². The number of amides is 1. The Morgan fingerprint density at radius 2 is 1.93 bits per heavy atom. The molecule has 0 unspecified atom stereocenters. The Hall–Kier alpha value is -1.74. The highest BCUT2D eigenvalue weighted by Crippen LogP contribution is 2.26. The van der Waals surface area contributed by atoms with Crippen molar-refractivity contribution in [2.45, 2.75) is 43.3 Å². The first kappa shape index (κ1) is 21.5. The van der Waals surface area contributed by atoms with Crippen LogP contribution in [0.4, 0.5) is 5.13 Å². The number of thiazole rings is 2. The van der Waals surface area contributed by atoms with Gasteiger partial charge in [0.15, 0.2) is 5.13 Å².